The summed E-state index contributed by atoms with van der Waals surface area (Å²) in [6, 6.07) is 9.87. The van der Waals surface area contributed by atoms with E-state index in [1.807, 2.05) is 0 Å². The third-order valence-electron chi connectivity index (χ3n) is 3.56. The number of nitrogens with zero attached hydrogens (tertiary/aromatic N) is 1. The molecule has 0 aliphatic heterocycles. The summed E-state index contributed by atoms with van der Waals surface area (Å²) in [7, 11) is 0. The van der Waals surface area contributed by atoms with Crippen LogP contribution in [0.2, 0.25) is 0 Å². The lowest BCUT2D eigenvalue weighted by molar-refractivity contribution is 0.277. The smallest absolute Gasteiger partial charge is 0.168 e. The molecule has 0 saturated carbocycles. The number of halogens is 4. The predicted octanol–water partition coefficient (Wildman–Crippen LogP) is 4.46. The second kappa shape index (κ2) is 6.41. The van der Waals surface area contributed by atoms with Gasteiger partial charge in [0, 0.05) is 16.7 Å². The van der Waals surface area contributed by atoms with Gasteiger partial charge in [0.25, 0.3) is 0 Å². The molecule has 2 nitrogen and oxygen atoms in total. The molecule has 0 radical (unpaired) electrons. The highest BCUT2D eigenvalue weighted by Gasteiger charge is 2.19. The van der Waals surface area contributed by atoms with Gasteiger partial charge in [-0.2, -0.15) is 0 Å². The minimum Gasteiger partial charge on any atom is -0.390 e. The molecule has 0 aliphatic rings. The van der Waals surface area contributed by atoms with E-state index in [2.05, 4.69) is 4.98 Å². The molecule has 0 fully saturated rings. The molecule has 2 aromatic carbocycles. The maximum absolute atomic E-state index is 14.2. The quantitative estimate of drug-likeness (QED) is 0.718. The topological polar surface area (TPSA) is 33.1 Å². The Kier molecular flexibility index (Phi) is 4.31. The van der Waals surface area contributed by atoms with Crippen molar-refractivity contribution in [3.63, 3.8) is 0 Å². The van der Waals surface area contributed by atoms with Crippen molar-refractivity contribution < 1.29 is 22.7 Å². The molecule has 3 rings (SSSR count). The summed E-state index contributed by atoms with van der Waals surface area (Å²) in [5, 5.41) is 9.23. The van der Waals surface area contributed by atoms with Gasteiger partial charge in [0.15, 0.2) is 23.3 Å². The zero-order chi connectivity index (χ0) is 17.3. The van der Waals surface area contributed by atoms with Crippen LogP contribution in [0.25, 0.3) is 22.4 Å². The van der Waals surface area contributed by atoms with E-state index in [0.717, 1.165) is 12.1 Å². The highest BCUT2D eigenvalue weighted by Crippen LogP contribution is 2.34. The molecule has 0 amide bonds. The molecule has 0 unspecified atom stereocenters. The fourth-order valence-electron chi connectivity index (χ4n) is 2.41. The monoisotopic (exact) mass is 333 g/mol. The van der Waals surface area contributed by atoms with Crippen molar-refractivity contribution in [2.75, 3.05) is 0 Å². The Morgan fingerprint density at radius 3 is 1.92 bits per heavy atom. The van der Waals surface area contributed by atoms with Crippen LogP contribution in [-0.4, -0.2) is 10.1 Å². The summed E-state index contributed by atoms with van der Waals surface area (Å²) in [6.07, 6.45) is 0. The minimum atomic E-state index is -1.15. The molecule has 24 heavy (non-hydrogen) atoms. The van der Waals surface area contributed by atoms with Gasteiger partial charge in [0.1, 0.15) is 0 Å². The van der Waals surface area contributed by atoms with Gasteiger partial charge in [-0.25, -0.2) is 22.5 Å². The molecule has 0 spiro atoms. The number of pyridine rings is 1. The van der Waals surface area contributed by atoms with E-state index in [4.69, 9.17) is 0 Å². The number of hydrogen-bond acceptors (Lipinski definition) is 2. The van der Waals surface area contributed by atoms with Gasteiger partial charge in [-0.05, 0) is 24.3 Å². The van der Waals surface area contributed by atoms with Gasteiger partial charge < -0.3 is 5.11 Å². The van der Waals surface area contributed by atoms with Gasteiger partial charge in [-0.3, -0.25) is 0 Å². The molecule has 0 saturated heterocycles. The van der Waals surface area contributed by atoms with Crippen LogP contribution in [0.5, 0.6) is 0 Å². The summed E-state index contributed by atoms with van der Waals surface area (Å²) >= 11 is 0. The Morgan fingerprint density at radius 1 is 0.708 bits per heavy atom. The number of aliphatic hydroxyl groups excluding tert-OH is 1. The highest BCUT2D eigenvalue weighted by molar-refractivity contribution is 5.81. The number of rotatable bonds is 3. The normalized spacial score (nSPS) is 10.9. The second-order valence-corrected chi connectivity index (χ2v) is 5.06. The third kappa shape index (κ3) is 2.76. The lowest BCUT2D eigenvalue weighted by Gasteiger charge is -2.13. The molecule has 1 aromatic heterocycles. The Hall–Kier alpha value is -2.73. The zero-order valence-corrected chi connectivity index (χ0v) is 12.2. The largest absolute Gasteiger partial charge is 0.390 e. The van der Waals surface area contributed by atoms with Crippen LogP contribution in [0, 0.1) is 23.3 Å². The molecule has 122 valence electrons. The van der Waals surface area contributed by atoms with Crippen molar-refractivity contribution in [2.45, 2.75) is 6.61 Å². The van der Waals surface area contributed by atoms with Crippen LogP contribution < -0.4 is 0 Å². The number of aromatic nitrogens is 1. The Balaban J connectivity index is 2.32. The Morgan fingerprint density at radius 2 is 1.29 bits per heavy atom. The van der Waals surface area contributed by atoms with E-state index in [9.17, 15) is 22.7 Å². The standard InChI is InChI=1S/C18H11F4NO/c19-14-5-1-3-11(16(14)21)12-8-7-10(9-24)23-18(12)13-4-2-6-15(20)17(13)22/h1-8,24H,9H2. The van der Waals surface area contributed by atoms with Crippen molar-refractivity contribution in [1.82, 2.24) is 4.98 Å². The summed E-state index contributed by atoms with van der Waals surface area (Å²) in [5.74, 6) is -4.42. The average Bonchev–Trinajstić information content (AvgIpc) is 2.59. The Labute approximate surface area is 135 Å². The zero-order valence-electron chi connectivity index (χ0n) is 12.2. The van der Waals surface area contributed by atoms with Gasteiger partial charge in [-0.15, -0.1) is 0 Å². The SMILES string of the molecule is OCc1ccc(-c2cccc(F)c2F)c(-c2cccc(F)c2F)n1. The number of hydrogen-bond donors (Lipinski definition) is 1. The van der Waals surface area contributed by atoms with Gasteiger partial charge in [0.2, 0.25) is 0 Å². The molecule has 1 N–H and O–H groups in total. The Bertz CT molecular complexity index is 912. The van der Waals surface area contributed by atoms with Crippen molar-refractivity contribution in [2.24, 2.45) is 0 Å². The van der Waals surface area contributed by atoms with Crippen LogP contribution >= 0.6 is 0 Å². The molecular formula is C18H11F4NO. The van der Waals surface area contributed by atoms with Gasteiger partial charge in [-0.1, -0.05) is 24.3 Å². The van der Waals surface area contributed by atoms with Crippen LogP contribution in [0.3, 0.4) is 0 Å². The first-order valence-corrected chi connectivity index (χ1v) is 7.02. The molecule has 0 atom stereocenters. The van der Waals surface area contributed by atoms with Crippen LogP contribution in [0.1, 0.15) is 5.69 Å². The van der Waals surface area contributed by atoms with Gasteiger partial charge in [0.05, 0.1) is 18.0 Å². The molecule has 3 aromatic rings. The van der Waals surface area contributed by atoms with Gasteiger partial charge >= 0.3 is 0 Å². The number of aliphatic hydroxyl groups is 1. The van der Waals surface area contributed by atoms with Crippen LogP contribution in [0.15, 0.2) is 48.5 Å². The molecule has 1 heterocycles. The maximum Gasteiger partial charge on any atom is 0.168 e. The fourth-order valence-corrected chi connectivity index (χ4v) is 2.41. The molecule has 0 aliphatic carbocycles. The van der Waals surface area contributed by atoms with E-state index in [0.29, 0.717) is 0 Å². The lowest BCUT2D eigenvalue weighted by Crippen LogP contribution is -2.00. The summed E-state index contributed by atoms with van der Waals surface area (Å²) < 4.78 is 55.3. The van der Waals surface area contributed by atoms with E-state index in [1.54, 1.807) is 0 Å². The third-order valence-corrected chi connectivity index (χ3v) is 3.56. The first-order chi connectivity index (χ1) is 11.5. The molecular weight excluding hydrogens is 322 g/mol. The van der Waals surface area contributed by atoms with Crippen LogP contribution in [0.4, 0.5) is 17.6 Å². The second-order valence-electron chi connectivity index (χ2n) is 5.06. The molecule has 0 bridgehead atoms. The maximum atomic E-state index is 14.2. The molecule has 6 heteroatoms. The predicted molar refractivity (Wildman–Crippen MR) is 80.9 cm³/mol. The van der Waals surface area contributed by atoms with Crippen molar-refractivity contribution in [3.8, 4) is 22.4 Å². The average molecular weight is 333 g/mol. The van der Waals surface area contributed by atoms with E-state index >= 15 is 0 Å². The van der Waals surface area contributed by atoms with E-state index in [-0.39, 0.29) is 28.1 Å². The minimum absolute atomic E-state index is 0.0805. The highest BCUT2D eigenvalue weighted by atomic mass is 19.2. The summed E-state index contributed by atoms with van der Waals surface area (Å²) in [4.78, 5) is 4.06. The number of benzene rings is 2. The van der Waals surface area contributed by atoms with E-state index < -0.39 is 29.9 Å². The lowest BCUT2D eigenvalue weighted by atomic mass is 9.97. The first-order valence-electron chi connectivity index (χ1n) is 7.02. The summed E-state index contributed by atoms with van der Waals surface area (Å²) in [6.45, 7) is -0.435. The van der Waals surface area contributed by atoms with Crippen molar-refractivity contribution >= 4 is 0 Å². The first kappa shape index (κ1) is 16.1. The van der Waals surface area contributed by atoms with Crippen molar-refractivity contribution in [3.05, 3.63) is 77.5 Å². The summed E-state index contributed by atoms with van der Waals surface area (Å²) in [5.41, 5.74) is -0.138. The fraction of sp³-hybridized carbons (Fsp3) is 0.0556. The van der Waals surface area contributed by atoms with Crippen molar-refractivity contribution in [1.29, 1.82) is 0 Å². The van der Waals surface area contributed by atoms with E-state index in [1.165, 1.54) is 36.4 Å². The van der Waals surface area contributed by atoms with Crippen LogP contribution in [-0.2, 0) is 6.61 Å².